The van der Waals surface area contributed by atoms with E-state index >= 15 is 0 Å². The van der Waals surface area contributed by atoms with Crippen molar-refractivity contribution in [3.8, 4) is 0 Å². The first-order valence-corrected chi connectivity index (χ1v) is 16.1. The predicted molar refractivity (Wildman–Crippen MR) is 171 cm³/mol. The van der Waals surface area contributed by atoms with Gasteiger partial charge in [-0.2, -0.15) is 0 Å². The minimum Gasteiger partial charge on any atom is -0.444 e. The van der Waals surface area contributed by atoms with Gasteiger partial charge in [-0.05, 0) is 87.5 Å². The van der Waals surface area contributed by atoms with E-state index in [0.717, 1.165) is 55.0 Å². The second-order valence-corrected chi connectivity index (χ2v) is 13.8. The summed E-state index contributed by atoms with van der Waals surface area (Å²) in [6, 6.07) is 15.4. The molecule has 0 radical (unpaired) electrons. The maximum absolute atomic E-state index is 14.1. The Kier molecular flexibility index (Phi) is 8.31. The first kappa shape index (κ1) is 30.0. The second kappa shape index (κ2) is 12.2. The number of hydrogen-bond acceptors (Lipinski definition) is 4. The molecule has 234 valence electrons. The summed E-state index contributed by atoms with van der Waals surface area (Å²) in [5.41, 5.74) is 4.45. The van der Waals surface area contributed by atoms with E-state index in [9.17, 15) is 14.4 Å². The number of hydrogen-bond donors (Lipinski definition) is 3. The second-order valence-electron chi connectivity index (χ2n) is 13.8. The number of nitrogens with zero attached hydrogens (tertiary/aromatic N) is 2. The lowest BCUT2D eigenvalue weighted by Crippen LogP contribution is -2.57. The molecule has 0 unspecified atom stereocenters. The van der Waals surface area contributed by atoms with Gasteiger partial charge in [0.05, 0.1) is 0 Å². The minimum absolute atomic E-state index is 0.0504. The highest BCUT2D eigenvalue weighted by Crippen LogP contribution is 2.46. The number of para-hydroxylation sites is 1. The zero-order chi connectivity index (χ0) is 30.9. The molecule has 0 bridgehead atoms. The van der Waals surface area contributed by atoms with Gasteiger partial charge in [-0.15, -0.1) is 0 Å². The highest BCUT2D eigenvalue weighted by atomic mass is 16.6. The number of fused-ring (bicyclic) bond motifs is 3. The molecule has 4 amide bonds. The molecule has 2 aliphatic heterocycles. The van der Waals surface area contributed by atoms with Crippen LogP contribution in [0.25, 0.3) is 10.9 Å². The molecule has 3 N–H and O–H groups in total. The fourth-order valence-corrected chi connectivity index (χ4v) is 7.35. The molecule has 1 aliphatic carbocycles. The van der Waals surface area contributed by atoms with Crippen molar-refractivity contribution in [3.63, 3.8) is 0 Å². The van der Waals surface area contributed by atoms with Crippen LogP contribution in [-0.4, -0.2) is 76.7 Å². The summed E-state index contributed by atoms with van der Waals surface area (Å²) in [6.45, 7) is 7.85. The van der Waals surface area contributed by atoms with Crippen molar-refractivity contribution in [1.29, 1.82) is 0 Å². The third-order valence-electron chi connectivity index (χ3n) is 9.60. The first-order valence-electron chi connectivity index (χ1n) is 16.1. The van der Waals surface area contributed by atoms with Crippen molar-refractivity contribution >= 4 is 28.9 Å². The van der Waals surface area contributed by atoms with E-state index in [1.54, 1.807) is 4.90 Å². The van der Waals surface area contributed by atoms with Crippen LogP contribution < -0.4 is 10.6 Å². The number of carbonyl (C=O) groups excluding carboxylic acids is 3. The molecule has 44 heavy (non-hydrogen) atoms. The summed E-state index contributed by atoms with van der Waals surface area (Å²) in [5, 5.41) is 7.13. The standard InChI is InChI=1S/C35H45N5O4/c1-34(2,3)44-33(43)40-18-8-10-26(23-40)37-32(42)38-30(21-25-22-36-29-13-7-5-11-27(25)29)31(41)39-19-16-35(17-20-39)15-14-24-9-4-6-12-28(24)35/h4-7,9,11-13,22,26,30,36H,8,10,14-21,23H2,1-3H3,(H2,37,38,42)/t26-,30-/m1/s1. The molecule has 3 aliphatic rings. The van der Waals surface area contributed by atoms with Crippen LogP contribution in [0.4, 0.5) is 9.59 Å². The van der Waals surface area contributed by atoms with Gasteiger partial charge in [0.25, 0.3) is 0 Å². The first-order chi connectivity index (χ1) is 21.1. The molecule has 3 aromatic rings. The monoisotopic (exact) mass is 599 g/mol. The number of H-pyrrole nitrogens is 1. The zero-order valence-corrected chi connectivity index (χ0v) is 26.2. The van der Waals surface area contributed by atoms with Gasteiger partial charge in [0.2, 0.25) is 5.91 Å². The summed E-state index contributed by atoms with van der Waals surface area (Å²) < 4.78 is 5.55. The van der Waals surface area contributed by atoms with Crippen LogP contribution in [0.5, 0.6) is 0 Å². The van der Waals surface area contributed by atoms with E-state index in [4.69, 9.17) is 4.74 Å². The summed E-state index contributed by atoms with van der Waals surface area (Å²) in [6.07, 6.45) is 7.57. The van der Waals surface area contributed by atoms with Gasteiger partial charge in [-0.1, -0.05) is 42.5 Å². The molecule has 9 heteroatoms. The molecular weight excluding hydrogens is 554 g/mol. The summed E-state index contributed by atoms with van der Waals surface area (Å²) in [7, 11) is 0. The van der Waals surface area contributed by atoms with Crippen LogP contribution in [0, 0.1) is 0 Å². The summed E-state index contributed by atoms with van der Waals surface area (Å²) in [5.74, 6) is -0.0504. The molecule has 2 aromatic carbocycles. The van der Waals surface area contributed by atoms with Gasteiger partial charge >= 0.3 is 12.1 Å². The minimum atomic E-state index is -0.718. The molecular formula is C35H45N5O4. The normalized spacial score (nSPS) is 20.3. The third kappa shape index (κ3) is 6.42. The van der Waals surface area contributed by atoms with Crippen molar-refractivity contribution in [3.05, 3.63) is 71.4 Å². The van der Waals surface area contributed by atoms with Gasteiger partial charge < -0.3 is 30.2 Å². The summed E-state index contributed by atoms with van der Waals surface area (Å²) in [4.78, 5) is 47.1. The van der Waals surface area contributed by atoms with Crippen molar-refractivity contribution in [2.75, 3.05) is 26.2 Å². The lowest BCUT2D eigenvalue weighted by molar-refractivity contribution is -0.134. The number of likely N-dealkylation sites (tertiary alicyclic amines) is 2. The number of aryl methyl sites for hydroxylation is 1. The van der Waals surface area contributed by atoms with E-state index < -0.39 is 17.7 Å². The average molecular weight is 600 g/mol. The number of aromatic amines is 1. The van der Waals surface area contributed by atoms with Gasteiger partial charge in [-0.25, -0.2) is 9.59 Å². The number of carbonyl (C=O) groups is 3. The Bertz CT molecular complexity index is 1520. The van der Waals surface area contributed by atoms with Crippen molar-refractivity contribution in [2.24, 2.45) is 0 Å². The van der Waals surface area contributed by atoms with E-state index in [2.05, 4.69) is 39.9 Å². The van der Waals surface area contributed by atoms with Crippen molar-refractivity contribution in [1.82, 2.24) is 25.4 Å². The zero-order valence-electron chi connectivity index (χ0n) is 26.2. The number of nitrogens with one attached hydrogen (secondary N) is 3. The number of amides is 4. The highest BCUT2D eigenvalue weighted by Gasteiger charge is 2.42. The molecule has 1 spiro atoms. The number of aromatic nitrogens is 1. The van der Waals surface area contributed by atoms with Crippen LogP contribution in [-0.2, 0) is 27.8 Å². The molecule has 1 aromatic heterocycles. The van der Waals surface area contributed by atoms with Gasteiger partial charge in [0, 0.05) is 55.7 Å². The molecule has 9 nitrogen and oxygen atoms in total. The Morgan fingerprint density at radius 3 is 2.55 bits per heavy atom. The molecule has 2 atom stereocenters. The van der Waals surface area contributed by atoms with Crippen molar-refractivity contribution in [2.45, 2.75) is 88.8 Å². The fraction of sp³-hybridized carbons (Fsp3) is 0.514. The summed E-state index contributed by atoms with van der Waals surface area (Å²) >= 11 is 0. The molecule has 3 heterocycles. The number of rotatable bonds is 5. The van der Waals surface area contributed by atoms with E-state index in [1.807, 2.05) is 56.1 Å². The lowest BCUT2D eigenvalue weighted by Gasteiger charge is -2.41. The third-order valence-corrected chi connectivity index (χ3v) is 9.60. The number of benzene rings is 2. The Balaban J connectivity index is 1.14. The van der Waals surface area contributed by atoms with E-state index in [0.29, 0.717) is 32.6 Å². The van der Waals surface area contributed by atoms with Gasteiger partial charge in [-0.3, -0.25) is 4.79 Å². The Morgan fingerprint density at radius 2 is 1.75 bits per heavy atom. The van der Waals surface area contributed by atoms with Crippen LogP contribution >= 0.6 is 0 Å². The number of urea groups is 1. The Morgan fingerprint density at radius 1 is 1.00 bits per heavy atom. The molecule has 2 saturated heterocycles. The maximum Gasteiger partial charge on any atom is 0.410 e. The largest absolute Gasteiger partial charge is 0.444 e. The number of ether oxygens (including phenoxy) is 1. The maximum atomic E-state index is 14.1. The van der Waals surface area contributed by atoms with E-state index in [1.165, 1.54) is 11.1 Å². The van der Waals surface area contributed by atoms with Crippen LogP contribution in [0.1, 0.15) is 69.6 Å². The average Bonchev–Trinajstić information content (AvgIpc) is 3.58. The van der Waals surface area contributed by atoms with Crippen LogP contribution in [0.15, 0.2) is 54.7 Å². The quantitative estimate of drug-likeness (QED) is 0.371. The van der Waals surface area contributed by atoms with Crippen LogP contribution in [0.3, 0.4) is 0 Å². The topological polar surface area (TPSA) is 107 Å². The SMILES string of the molecule is CC(C)(C)OC(=O)N1CCC[C@@H](NC(=O)N[C@H](Cc2c[nH]c3ccccc23)C(=O)N2CCC3(CCc4ccccc43)CC2)C1. The van der Waals surface area contributed by atoms with Crippen molar-refractivity contribution < 1.29 is 19.1 Å². The fourth-order valence-electron chi connectivity index (χ4n) is 7.35. The Labute approximate surface area is 259 Å². The molecule has 2 fully saturated rings. The van der Waals surface area contributed by atoms with E-state index in [-0.39, 0.29) is 23.5 Å². The molecule has 6 rings (SSSR count). The predicted octanol–water partition coefficient (Wildman–Crippen LogP) is 5.28. The molecule has 0 saturated carbocycles. The van der Waals surface area contributed by atoms with Gasteiger partial charge in [0.1, 0.15) is 11.6 Å². The lowest BCUT2D eigenvalue weighted by atomic mass is 9.74. The van der Waals surface area contributed by atoms with Gasteiger partial charge in [0.15, 0.2) is 0 Å². The van der Waals surface area contributed by atoms with Crippen LogP contribution in [0.2, 0.25) is 0 Å². The smallest absolute Gasteiger partial charge is 0.410 e. The highest BCUT2D eigenvalue weighted by molar-refractivity contribution is 5.89. The number of piperidine rings is 2. The Hall–Kier alpha value is -4.01.